The Hall–Kier alpha value is -1.42. The predicted octanol–water partition coefficient (Wildman–Crippen LogP) is 1.18. The van der Waals surface area contributed by atoms with E-state index in [0.29, 0.717) is 5.92 Å². The molecular weight excluding hydrogens is 188 g/mol. The lowest BCUT2D eigenvalue weighted by atomic mass is 10.1. The molecule has 3 rings (SSSR count). The first-order valence-corrected chi connectivity index (χ1v) is 5.16. The van der Waals surface area contributed by atoms with Gasteiger partial charge < -0.3 is 5.73 Å². The Morgan fingerprint density at radius 2 is 2.20 bits per heavy atom. The fourth-order valence-corrected chi connectivity index (χ4v) is 2.24. The Morgan fingerprint density at radius 3 is 2.80 bits per heavy atom. The average Bonchev–Trinajstić information content (AvgIpc) is 2.61. The van der Waals surface area contributed by atoms with Crippen LogP contribution in [0.4, 0.5) is 0 Å². The molecule has 4 nitrogen and oxygen atoms in total. The molecule has 0 spiro atoms. The molecule has 0 bridgehead atoms. The lowest BCUT2D eigenvalue weighted by Crippen LogP contribution is -2.06. The zero-order valence-electron chi connectivity index (χ0n) is 8.88. The van der Waals surface area contributed by atoms with E-state index in [0.717, 1.165) is 11.3 Å². The van der Waals surface area contributed by atoms with Crippen LogP contribution in [0.1, 0.15) is 25.5 Å². The minimum atomic E-state index is 0.179. The van der Waals surface area contributed by atoms with Crippen molar-refractivity contribution in [2.75, 3.05) is 0 Å². The van der Waals surface area contributed by atoms with Gasteiger partial charge in [-0.25, -0.2) is 9.50 Å². The summed E-state index contributed by atoms with van der Waals surface area (Å²) >= 11 is 0. The molecule has 0 aliphatic heterocycles. The summed E-state index contributed by atoms with van der Waals surface area (Å²) in [6.45, 7) is 4.36. The van der Waals surface area contributed by atoms with Crippen LogP contribution in [-0.2, 0) is 0 Å². The first kappa shape index (κ1) is 8.85. The van der Waals surface area contributed by atoms with Gasteiger partial charge >= 0.3 is 0 Å². The molecule has 0 radical (unpaired) electrons. The normalized spacial score (nSPS) is 28.2. The highest BCUT2D eigenvalue weighted by atomic mass is 15.3. The molecule has 15 heavy (non-hydrogen) atoms. The Kier molecular flexibility index (Phi) is 1.52. The summed E-state index contributed by atoms with van der Waals surface area (Å²) in [4.78, 5) is 4.24. The molecule has 0 unspecified atom stereocenters. The molecule has 2 aromatic rings. The molecule has 4 heteroatoms. The second kappa shape index (κ2) is 2.58. The number of nitrogens with two attached hydrogens (primary N) is 1. The summed E-state index contributed by atoms with van der Waals surface area (Å²) in [5.41, 5.74) is 8.16. The van der Waals surface area contributed by atoms with Crippen molar-refractivity contribution in [1.82, 2.24) is 14.6 Å². The molecule has 1 saturated carbocycles. The fourth-order valence-electron chi connectivity index (χ4n) is 2.24. The number of rotatable bonds is 1. The van der Waals surface area contributed by atoms with E-state index in [2.05, 4.69) is 23.9 Å². The number of aromatic nitrogens is 3. The van der Waals surface area contributed by atoms with Gasteiger partial charge in [0.05, 0.1) is 5.69 Å². The highest BCUT2D eigenvalue weighted by Crippen LogP contribution is 2.56. The van der Waals surface area contributed by atoms with Gasteiger partial charge in [-0.05, 0) is 11.5 Å². The maximum absolute atomic E-state index is 6.03. The molecule has 0 aromatic carbocycles. The second-order valence-corrected chi connectivity index (χ2v) is 4.82. The maximum atomic E-state index is 6.03. The monoisotopic (exact) mass is 202 g/mol. The third-order valence-corrected chi connectivity index (χ3v) is 3.48. The first-order valence-electron chi connectivity index (χ1n) is 5.16. The van der Waals surface area contributed by atoms with Crippen molar-refractivity contribution in [2.45, 2.75) is 25.8 Å². The van der Waals surface area contributed by atoms with E-state index in [1.807, 2.05) is 18.3 Å². The van der Waals surface area contributed by atoms with Gasteiger partial charge in [-0.3, -0.25) is 0 Å². The van der Waals surface area contributed by atoms with Gasteiger partial charge in [-0.2, -0.15) is 5.10 Å². The van der Waals surface area contributed by atoms with Gasteiger partial charge in [0.15, 0.2) is 5.65 Å². The van der Waals surface area contributed by atoms with Crippen molar-refractivity contribution in [1.29, 1.82) is 0 Å². The quantitative estimate of drug-likeness (QED) is 0.755. The summed E-state index contributed by atoms with van der Waals surface area (Å²) in [7, 11) is 0. The van der Waals surface area contributed by atoms with Crippen LogP contribution in [0.3, 0.4) is 0 Å². The second-order valence-electron chi connectivity index (χ2n) is 4.82. The topological polar surface area (TPSA) is 56.2 Å². The van der Waals surface area contributed by atoms with Crippen LogP contribution in [0.15, 0.2) is 24.5 Å². The van der Waals surface area contributed by atoms with Crippen LogP contribution in [-0.4, -0.2) is 20.6 Å². The molecule has 2 heterocycles. The van der Waals surface area contributed by atoms with Crippen LogP contribution in [0.5, 0.6) is 0 Å². The standard InChI is InChI=1S/C11H14N4/c1-11(2)9(10(11)12)7-6-8-13-4-3-5-15(8)14-7/h3-6,9-10H,12H2,1-2H3/t9-,10-/m0/s1. The minimum Gasteiger partial charge on any atom is -0.327 e. The van der Waals surface area contributed by atoms with Gasteiger partial charge in [-0.15, -0.1) is 0 Å². The molecule has 1 aliphatic carbocycles. The third-order valence-electron chi connectivity index (χ3n) is 3.48. The first-order chi connectivity index (χ1) is 7.10. The number of hydrogen-bond acceptors (Lipinski definition) is 3. The molecule has 2 aromatic heterocycles. The van der Waals surface area contributed by atoms with Crippen molar-refractivity contribution < 1.29 is 0 Å². The van der Waals surface area contributed by atoms with Crippen LogP contribution in [0.2, 0.25) is 0 Å². The van der Waals surface area contributed by atoms with E-state index >= 15 is 0 Å². The zero-order valence-corrected chi connectivity index (χ0v) is 8.88. The average molecular weight is 202 g/mol. The van der Waals surface area contributed by atoms with Gasteiger partial charge in [0.25, 0.3) is 0 Å². The summed E-state index contributed by atoms with van der Waals surface area (Å²) < 4.78 is 1.80. The summed E-state index contributed by atoms with van der Waals surface area (Å²) in [5, 5.41) is 4.49. The van der Waals surface area contributed by atoms with E-state index in [9.17, 15) is 0 Å². The highest BCUT2D eigenvalue weighted by Gasteiger charge is 2.57. The summed E-state index contributed by atoms with van der Waals surface area (Å²) in [5.74, 6) is 0.374. The predicted molar refractivity (Wildman–Crippen MR) is 57.5 cm³/mol. The minimum absolute atomic E-state index is 0.179. The van der Waals surface area contributed by atoms with Gasteiger partial charge in [0.1, 0.15) is 0 Å². The Morgan fingerprint density at radius 1 is 1.47 bits per heavy atom. The molecule has 78 valence electrons. The Balaban J connectivity index is 2.07. The zero-order chi connectivity index (χ0) is 10.6. The summed E-state index contributed by atoms with van der Waals surface area (Å²) in [6, 6.07) is 4.13. The largest absolute Gasteiger partial charge is 0.327 e. The van der Waals surface area contributed by atoms with Gasteiger partial charge in [-0.1, -0.05) is 13.8 Å². The molecule has 1 fully saturated rings. The van der Waals surface area contributed by atoms with Crippen LogP contribution in [0, 0.1) is 5.41 Å². The fraction of sp³-hybridized carbons (Fsp3) is 0.455. The highest BCUT2D eigenvalue weighted by molar-refractivity contribution is 5.43. The Labute approximate surface area is 88.1 Å². The van der Waals surface area contributed by atoms with Crippen LogP contribution in [0.25, 0.3) is 5.65 Å². The third kappa shape index (κ3) is 1.11. The van der Waals surface area contributed by atoms with Crippen LogP contribution < -0.4 is 5.73 Å². The molecule has 2 N–H and O–H groups in total. The SMILES string of the molecule is CC1(C)[C@@H](N)[C@@H]1c1cc2ncccn2n1. The van der Waals surface area contributed by atoms with E-state index in [4.69, 9.17) is 5.73 Å². The van der Waals surface area contributed by atoms with Crippen molar-refractivity contribution in [3.8, 4) is 0 Å². The molecule has 2 atom stereocenters. The van der Waals surface area contributed by atoms with Crippen molar-refractivity contribution in [2.24, 2.45) is 11.1 Å². The lowest BCUT2D eigenvalue weighted by molar-refractivity contribution is 0.594. The van der Waals surface area contributed by atoms with E-state index in [1.54, 1.807) is 10.7 Å². The van der Waals surface area contributed by atoms with E-state index < -0.39 is 0 Å². The summed E-state index contributed by atoms with van der Waals surface area (Å²) in [6.07, 6.45) is 3.69. The Bertz CT molecular complexity index is 481. The van der Waals surface area contributed by atoms with Crippen molar-refractivity contribution >= 4 is 5.65 Å². The van der Waals surface area contributed by atoms with E-state index in [-0.39, 0.29) is 11.5 Å². The maximum Gasteiger partial charge on any atom is 0.155 e. The number of nitrogens with zero attached hydrogens (tertiary/aromatic N) is 3. The number of fused-ring (bicyclic) bond motifs is 1. The van der Waals surface area contributed by atoms with Gasteiger partial charge in [0, 0.05) is 30.4 Å². The smallest absolute Gasteiger partial charge is 0.155 e. The lowest BCUT2D eigenvalue weighted by Gasteiger charge is -1.96. The van der Waals surface area contributed by atoms with Gasteiger partial charge in [0.2, 0.25) is 0 Å². The number of hydrogen-bond donors (Lipinski definition) is 1. The molecule has 0 amide bonds. The van der Waals surface area contributed by atoms with Crippen LogP contribution >= 0.6 is 0 Å². The molecule has 0 saturated heterocycles. The molecular formula is C11H14N4. The van der Waals surface area contributed by atoms with Crippen molar-refractivity contribution in [3.05, 3.63) is 30.2 Å². The molecule has 1 aliphatic rings. The van der Waals surface area contributed by atoms with Crippen molar-refractivity contribution in [3.63, 3.8) is 0 Å². The van der Waals surface area contributed by atoms with E-state index in [1.165, 1.54) is 0 Å².